The summed E-state index contributed by atoms with van der Waals surface area (Å²) in [5.41, 5.74) is 3.34. The van der Waals surface area contributed by atoms with Gasteiger partial charge in [-0.3, -0.25) is 4.79 Å². The molecular weight excluding hydrogens is 288 g/mol. The molecule has 0 saturated heterocycles. The number of carbonyl (C=O) groups excluding carboxylic acids is 1. The average Bonchev–Trinajstić information content (AvgIpc) is 3.05. The fraction of sp³-hybridized carbons (Fsp3) is 0.222. The van der Waals surface area contributed by atoms with E-state index in [0.717, 1.165) is 23.1 Å². The average molecular weight is 306 g/mol. The van der Waals surface area contributed by atoms with Crippen LogP contribution in [0.2, 0.25) is 0 Å². The van der Waals surface area contributed by atoms with E-state index in [4.69, 9.17) is 0 Å². The summed E-state index contributed by atoms with van der Waals surface area (Å²) in [6.07, 6.45) is 0.838. The van der Waals surface area contributed by atoms with E-state index < -0.39 is 0 Å². The molecule has 0 atom stereocenters. The fourth-order valence-corrected chi connectivity index (χ4v) is 2.25. The molecule has 0 fully saturated rings. The Morgan fingerprint density at radius 2 is 1.70 bits per heavy atom. The number of hydrogen-bond donors (Lipinski definition) is 0. The van der Waals surface area contributed by atoms with E-state index in [0.29, 0.717) is 11.4 Å². The van der Waals surface area contributed by atoms with Crippen molar-refractivity contribution in [3.63, 3.8) is 0 Å². The third kappa shape index (κ3) is 3.04. The van der Waals surface area contributed by atoms with Gasteiger partial charge in [0.15, 0.2) is 5.82 Å². The molecule has 3 aromatic rings. The summed E-state index contributed by atoms with van der Waals surface area (Å²) in [4.78, 5) is 12.4. The minimum absolute atomic E-state index is 0.154. The summed E-state index contributed by atoms with van der Waals surface area (Å²) in [6.45, 7) is 6.16. The molecule has 0 aliphatic heterocycles. The number of hydrogen-bond acceptors (Lipinski definition) is 4. The Morgan fingerprint density at radius 3 is 2.30 bits per heavy atom. The Bertz CT molecular complexity index is 829. The molecule has 0 aliphatic rings. The molecule has 0 spiro atoms. The summed E-state index contributed by atoms with van der Waals surface area (Å²) in [5, 5.41) is 12.9. The van der Waals surface area contributed by atoms with Crippen molar-refractivity contribution >= 4 is 6.29 Å². The van der Waals surface area contributed by atoms with E-state index in [2.05, 4.69) is 36.2 Å². The molecule has 0 amide bonds. The zero-order valence-electron chi connectivity index (χ0n) is 13.4. The van der Waals surface area contributed by atoms with Gasteiger partial charge in [-0.1, -0.05) is 63.2 Å². The van der Waals surface area contributed by atoms with Crippen molar-refractivity contribution in [2.45, 2.75) is 26.2 Å². The Labute approximate surface area is 135 Å². The maximum Gasteiger partial charge on any atom is 0.180 e. The van der Waals surface area contributed by atoms with Crippen molar-refractivity contribution in [2.75, 3.05) is 0 Å². The van der Waals surface area contributed by atoms with E-state index in [1.54, 1.807) is 16.9 Å². The van der Waals surface area contributed by atoms with Crippen molar-refractivity contribution in [2.24, 2.45) is 0 Å². The molecule has 0 aliphatic carbocycles. The van der Waals surface area contributed by atoms with Gasteiger partial charge >= 0.3 is 0 Å². The molecule has 2 aromatic carbocycles. The molecule has 5 nitrogen and oxygen atoms in total. The lowest BCUT2D eigenvalue weighted by molar-refractivity contribution is 0.112. The molecule has 0 unspecified atom stereocenters. The third-order valence-electron chi connectivity index (χ3n) is 3.56. The van der Waals surface area contributed by atoms with Gasteiger partial charge in [-0.25, -0.2) is 0 Å². The second kappa shape index (κ2) is 5.76. The summed E-state index contributed by atoms with van der Waals surface area (Å²) < 4.78 is 0. The highest BCUT2D eigenvalue weighted by Gasteiger charge is 2.21. The van der Waals surface area contributed by atoms with Crippen LogP contribution in [0.25, 0.3) is 16.8 Å². The first-order valence-electron chi connectivity index (χ1n) is 7.44. The number of aldehydes is 1. The SMILES string of the molecule is CC(C)(C)c1nnn(-c2ccccc2-c2ccc(C=O)cc2)n1. The quantitative estimate of drug-likeness (QED) is 0.695. The summed E-state index contributed by atoms with van der Waals surface area (Å²) in [7, 11) is 0. The summed E-state index contributed by atoms with van der Waals surface area (Å²) >= 11 is 0. The summed E-state index contributed by atoms with van der Waals surface area (Å²) in [5.74, 6) is 0.698. The van der Waals surface area contributed by atoms with Crippen LogP contribution in [-0.2, 0) is 5.41 Å². The first kappa shape index (κ1) is 15.1. The van der Waals surface area contributed by atoms with Crippen LogP contribution in [0.15, 0.2) is 48.5 Å². The predicted octanol–water partition coefficient (Wildman–Crippen LogP) is 3.44. The van der Waals surface area contributed by atoms with Gasteiger partial charge in [0, 0.05) is 16.5 Å². The molecule has 0 bridgehead atoms. The number of nitrogens with zero attached hydrogens (tertiary/aromatic N) is 4. The van der Waals surface area contributed by atoms with Crippen LogP contribution in [0, 0.1) is 0 Å². The largest absolute Gasteiger partial charge is 0.298 e. The van der Waals surface area contributed by atoms with Crippen molar-refractivity contribution in [1.29, 1.82) is 0 Å². The van der Waals surface area contributed by atoms with E-state index in [-0.39, 0.29) is 5.41 Å². The molecule has 5 heteroatoms. The molecule has 23 heavy (non-hydrogen) atoms. The van der Waals surface area contributed by atoms with Crippen molar-refractivity contribution in [3.8, 4) is 16.8 Å². The molecule has 3 rings (SSSR count). The minimum Gasteiger partial charge on any atom is -0.298 e. The number of benzene rings is 2. The van der Waals surface area contributed by atoms with Crippen LogP contribution < -0.4 is 0 Å². The van der Waals surface area contributed by atoms with E-state index in [1.807, 2.05) is 36.4 Å². The number of para-hydroxylation sites is 1. The topological polar surface area (TPSA) is 60.7 Å². The van der Waals surface area contributed by atoms with E-state index >= 15 is 0 Å². The first-order valence-corrected chi connectivity index (χ1v) is 7.44. The Balaban J connectivity index is 2.07. The standard InChI is InChI=1S/C18H18N4O/c1-18(2,3)17-19-21-22(20-17)16-7-5-4-6-15(16)14-10-8-13(12-23)9-11-14/h4-12H,1-3H3. The second-order valence-electron chi connectivity index (χ2n) is 6.41. The molecule has 1 heterocycles. The highest BCUT2D eigenvalue weighted by Crippen LogP contribution is 2.26. The van der Waals surface area contributed by atoms with Gasteiger partial charge < -0.3 is 0 Å². The molecular formula is C18H18N4O. The van der Waals surface area contributed by atoms with Crippen LogP contribution in [0.1, 0.15) is 37.0 Å². The monoisotopic (exact) mass is 306 g/mol. The van der Waals surface area contributed by atoms with Gasteiger partial charge in [0.05, 0.1) is 5.69 Å². The Hall–Kier alpha value is -2.82. The molecule has 1 aromatic heterocycles. The molecule has 116 valence electrons. The van der Waals surface area contributed by atoms with Crippen LogP contribution in [0.4, 0.5) is 0 Å². The van der Waals surface area contributed by atoms with Crippen LogP contribution >= 0.6 is 0 Å². The van der Waals surface area contributed by atoms with Gasteiger partial charge in [-0.15, -0.1) is 15.0 Å². The second-order valence-corrected chi connectivity index (χ2v) is 6.41. The van der Waals surface area contributed by atoms with Gasteiger partial charge in [-0.2, -0.15) is 0 Å². The van der Waals surface area contributed by atoms with Gasteiger partial charge in [0.1, 0.15) is 6.29 Å². The third-order valence-corrected chi connectivity index (χ3v) is 3.56. The van der Waals surface area contributed by atoms with E-state index in [1.165, 1.54) is 0 Å². The number of aromatic nitrogens is 4. The lowest BCUT2D eigenvalue weighted by atomic mass is 9.96. The normalized spacial score (nSPS) is 11.4. The minimum atomic E-state index is -0.154. The van der Waals surface area contributed by atoms with E-state index in [9.17, 15) is 4.79 Å². The molecule has 0 radical (unpaired) electrons. The van der Waals surface area contributed by atoms with Crippen molar-refractivity contribution < 1.29 is 4.79 Å². The number of rotatable bonds is 3. The molecule has 0 N–H and O–H groups in total. The lowest BCUT2D eigenvalue weighted by Crippen LogP contribution is -2.14. The fourth-order valence-electron chi connectivity index (χ4n) is 2.25. The number of tetrazole rings is 1. The smallest absolute Gasteiger partial charge is 0.180 e. The maximum atomic E-state index is 10.8. The van der Waals surface area contributed by atoms with Crippen LogP contribution in [0.5, 0.6) is 0 Å². The highest BCUT2D eigenvalue weighted by atomic mass is 16.1. The van der Waals surface area contributed by atoms with Crippen LogP contribution in [0.3, 0.4) is 0 Å². The van der Waals surface area contributed by atoms with Crippen molar-refractivity contribution in [1.82, 2.24) is 20.2 Å². The summed E-state index contributed by atoms with van der Waals surface area (Å²) in [6, 6.07) is 15.3. The zero-order chi connectivity index (χ0) is 16.4. The van der Waals surface area contributed by atoms with Gasteiger partial charge in [0.2, 0.25) is 0 Å². The molecule has 0 saturated carbocycles. The lowest BCUT2D eigenvalue weighted by Gasteiger charge is -2.12. The maximum absolute atomic E-state index is 10.8. The van der Waals surface area contributed by atoms with Crippen molar-refractivity contribution in [3.05, 3.63) is 59.9 Å². The predicted molar refractivity (Wildman–Crippen MR) is 88.7 cm³/mol. The number of carbonyl (C=O) groups is 1. The first-order chi connectivity index (χ1) is 11.0. The van der Waals surface area contributed by atoms with Gasteiger partial charge in [-0.05, 0) is 16.8 Å². The van der Waals surface area contributed by atoms with Gasteiger partial charge in [0.25, 0.3) is 0 Å². The zero-order valence-corrected chi connectivity index (χ0v) is 13.4. The Morgan fingerprint density at radius 1 is 1.00 bits per heavy atom. The van der Waals surface area contributed by atoms with Crippen LogP contribution in [-0.4, -0.2) is 26.5 Å². The Kier molecular flexibility index (Phi) is 3.78. The highest BCUT2D eigenvalue weighted by molar-refractivity contribution is 5.78.